The van der Waals surface area contributed by atoms with Gasteiger partial charge in [-0.05, 0) is 79.7 Å². The van der Waals surface area contributed by atoms with E-state index in [1.807, 2.05) is 12.1 Å². The van der Waals surface area contributed by atoms with Gasteiger partial charge in [-0.3, -0.25) is 0 Å². The monoisotopic (exact) mass is 390 g/mol. The largest absolute Gasteiger partial charge is 0.207 e. The third-order valence-electron chi connectivity index (χ3n) is 6.24. The van der Waals surface area contributed by atoms with Crippen LogP contribution in [0.3, 0.4) is 0 Å². The highest BCUT2D eigenvalue weighted by Gasteiger charge is 2.21. The van der Waals surface area contributed by atoms with Crippen LogP contribution in [0.2, 0.25) is 0 Å². The van der Waals surface area contributed by atoms with Gasteiger partial charge in [-0.1, -0.05) is 75.3 Å². The molecule has 2 aromatic rings. The first kappa shape index (κ1) is 21.6. The van der Waals surface area contributed by atoms with Crippen molar-refractivity contribution in [3.05, 3.63) is 70.5 Å². The first-order valence-corrected chi connectivity index (χ1v) is 11.6. The Hall–Kier alpha value is -2.07. The van der Waals surface area contributed by atoms with Crippen molar-refractivity contribution in [2.45, 2.75) is 84.0 Å². The molecule has 3 rings (SSSR count). The van der Waals surface area contributed by atoms with Crippen LogP contribution in [-0.2, 0) is 12.8 Å². The first-order valence-electron chi connectivity index (χ1n) is 11.6. The fourth-order valence-corrected chi connectivity index (χ4v) is 4.39. The highest BCUT2D eigenvalue weighted by Crippen LogP contribution is 2.35. The molecule has 1 aliphatic rings. The van der Waals surface area contributed by atoms with Crippen molar-refractivity contribution in [3.63, 3.8) is 0 Å². The molecule has 29 heavy (non-hydrogen) atoms. The number of hydrogen-bond donors (Lipinski definition) is 0. The lowest BCUT2D eigenvalue weighted by Crippen LogP contribution is -2.12. The summed E-state index contributed by atoms with van der Waals surface area (Å²) in [6, 6.07) is 14.8. The van der Waals surface area contributed by atoms with Crippen molar-refractivity contribution in [2.24, 2.45) is 5.92 Å². The Labute approximate surface area is 176 Å². The molecular weight excluding hydrogens is 355 g/mol. The molecule has 0 spiro atoms. The van der Waals surface area contributed by atoms with E-state index in [2.05, 4.69) is 50.0 Å². The van der Waals surface area contributed by atoms with Crippen molar-refractivity contribution in [3.8, 4) is 11.8 Å². The summed E-state index contributed by atoms with van der Waals surface area (Å²) in [7, 11) is 0. The maximum absolute atomic E-state index is 14.1. The molecule has 0 bridgehead atoms. The molecule has 1 aliphatic carbocycles. The second kappa shape index (κ2) is 11.2. The molecule has 0 unspecified atom stereocenters. The van der Waals surface area contributed by atoms with Gasteiger partial charge in [-0.2, -0.15) is 0 Å². The van der Waals surface area contributed by atoms with E-state index < -0.39 is 0 Å². The molecule has 0 radical (unpaired) electrons. The minimum atomic E-state index is -0.111. The lowest BCUT2D eigenvalue weighted by Gasteiger charge is -2.26. The minimum absolute atomic E-state index is 0.111. The number of benzene rings is 2. The Kier molecular flexibility index (Phi) is 8.36. The van der Waals surface area contributed by atoms with E-state index in [0.29, 0.717) is 11.8 Å². The van der Waals surface area contributed by atoms with Crippen molar-refractivity contribution < 1.29 is 4.39 Å². The van der Waals surface area contributed by atoms with E-state index in [-0.39, 0.29) is 5.82 Å². The number of unbranched alkanes of at least 4 members (excludes halogenated alkanes) is 2. The molecule has 154 valence electrons. The highest BCUT2D eigenvalue weighted by molar-refractivity contribution is 5.37. The smallest absolute Gasteiger partial charge is 0.127 e. The van der Waals surface area contributed by atoms with Gasteiger partial charge in [0.1, 0.15) is 5.82 Å². The summed E-state index contributed by atoms with van der Waals surface area (Å²) in [5.74, 6) is 7.63. The van der Waals surface area contributed by atoms with E-state index in [1.54, 1.807) is 6.07 Å². The van der Waals surface area contributed by atoms with Crippen LogP contribution in [0.15, 0.2) is 42.5 Å². The van der Waals surface area contributed by atoms with Gasteiger partial charge in [-0.15, -0.1) is 0 Å². The predicted octanol–water partition coefficient (Wildman–Crippen LogP) is 7.84. The van der Waals surface area contributed by atoms with Crippen LogP contribution in [0.4, 0.5) is 4.39 Å². The van der Waals surface area contributed by atoms with E-state index >= 15 is 0 Å². The molecule has 0 aliphatic heterocycles. The average molecular weight is 391 g/mol. The van der Waals surface area contributed by atoms with E-state index in [9.17, 15) is 4.39 Å². The van der Waals surface area contributed by atoms with Gasteiger partial charge in [-0.25, -0.2) is 4.39 Å². The second-order valence-electron chi connectivity index (χ2n) is 8.57. The van der Waals surface area contributed by atoms with Gasteiger partial charge < -0.3 is 0 Å². The second-order valence-corrected chi connectivity index (χ2v) is 8.57. The van der Waals surface area contributed by atoms with E-state index in [4.69, 9.17) is 0 Å². The zero-order chi connectivity index (χ0) is 20.5. The fourth-order valence-electron chi connectivity index (χ4n) is 4.39. The van der Waals surface area contributed by atoms with Crippen LogP contribution < -0.4 is 0 Å². The van der Waals surface area contributed by atoms with Crippen LogP contribution in [-0.4, -0.2) is 0 Å². The Morgan fingerprint density at radius 3 is 2.28 bits per heavy atom. The molecule has 2 aromatic carbocycles. The molecular formula is C28H35F. The summed E-state index contributed by atoms with van der Waals surface area (Å²) in [5.41, 5.74) is 4.57. The maximum atomic E-state index is 14.1. The fraction of sp³-hybridized carbons (Fsp3) is 0.500. The molecule has 0 saturated heterocycles. The van der Waals surface area contributed by atoms with Crippen LogP contribution in [0.25, 0.3) is 0 Å². The lowest BCUT2D eigenvalue weighted by molar-refractivity contribution is 0.384. The molecule has 0 atom stereocenters. The lowest BCUT2D eigenvalue weighted by atomic mass is 9.78. The summed E-state index contributed by atoms with van der Waals surface area (Å²) in [4.78, 5) is 0. The molecule has 0 nitrogen and oxygen atoms in total. The number of aryl methyl sites for hydroxylation is 2. The topological polar surface area (TPSA) is 0 Å². The number of hydrogen-bond acceptors (Lipinski definition) is 0. The first-order chi connectivity index (χ1) is 14.2. The van der Waals surface area contributed by atoms with Gasteiger partial charge in [0.05, 0.1) is 0 Å². The zero-order valence-electron chi connectivity index (χ0n) is 18.1. The molecule has 1 heteroatoms. The standard InChI is InChI=1S/C28H35F/c1-3-5-6-8-22-11-16-25(17-12-22)26-18-13-23(14-19-26)9-10-24-15-20-27(7-4-2)28(29)21-24/h11-12,15-17,20-21,23,26H,3-8,13-14,18-19H2,1-2H3/t23-,26-. The van der Waals surface area contributed by atoms with Crippen LogP contribution in [0.5, 0.6) is 0 Å². The number of halogens is 1. The van der Waals surface area contributed by atoms with Gasteiger partial charge >= 0.3 is 0 Å². The van der Waals surface area contributed by atoms with E-state index in [0.717, 1.165) is 36.8 Å². The van der Waals surface area contributed by atoms with Gasteiger partial charge in [0.25, 0.3) is 0 Å². The highest BCUT2D eigenvalue weighted by atomic mass is 19.1. The third kappa shape index (κ3) is 6.46. The van der Waals surface area contributed by atoms with Gasteiger partial charge in [0, 0.05) is 11.5 Å². The van der Waals surface area contributed by atoms with Crippen LogP contribution in [0, 0.1) is 23.6 Å². The predicted molar refractivity (Wildman–Crippen MR) is 122 cm³/mol. The minimum Gasteiger partial charge on any atom is -0.207 e. The maximum Gasteiger partial charge on any atom is 0.127 e. The molecule has 0 amide bonds. The molecule has 1 saturated carbocycles. The summed E-state index contributed by atoms with van der Waals surface area (Å²) in [6.45, 7) is 4.33. The third-order valence-corrected chi connectivity index (χ3v) is 6.24. The average Bonchev–Trinajstić information content (AvgIpc) is 2.75. The normalized spacial score (nSPS) is 18.9. The summed E-state index contributed by atoms with van der Waals surface area (Å²) < 4.78 is 14.1. The molecule has 0 aromatic heterocycles. The molecule has 0 N–H and O–H groups in total. The molecule has 0 heterocycles. The SMILES string of the molecule is CCCCCc1ccc([C@H]2CC[C@H](C#Cc3ccc(CCC)c(F)c3)CC2)cc1. The van der Waals surface area contributed by atoms with Crippen molar-refractivity contribution in [1.82, 2.24) is 0 Å². The van der Waals surface area contributed by atoms with Crippen molar-refractivity contribution in [1.29, 1.82) is 0 Å². The number of rotatable bonds is 7. The Morgan fingerprint density at radius 1 is 0.862 bits per heavy atom. The Bertz CT molecular complexity index is 814. The van der Waals surface area contributed by atoms with E-state index in [1.165, 1.54) is 49.7 Å². The van der Waals surface area contributed by atoms with Crippen molar-refractivity contribution in [2.75, 3.05) is 0 Å². The Morgan fingerprint density at radius 2 is 1.62 bits per heavy atom. The summed E-state index contributed by atoms with van der Waals surface area (Å²) >= 11 is 0. The van der Waals surface area contributed by atoms with Crippen LogP contribution >= 0.6 is 0 Å². The van der Waals surface area contributed by atoms with Gasteiger partial charge in [0.15, 0.2) is 0 Å². The summed E-state index contributed by atoms with van der Waals surface area (Å²) in [6.07, 6.45) is 11.6. The van der Waals surface area contributed by atoms with Gasteiger partial charge in [0.2, 0.25) is 0 Å². The summed E-state index contributed by atoms with van der Waals surface area (Å²) in [5, 5.41) is 0. The quantitative estimate of drug-likeness (QED) is 0.334. The molecule has 1 fully saturated rings. The zero-order valence-corrected chi connectivity index (χ0v) is 18.1. The Balaban J connectivity index is 1.51. The van der Waals surface area contributed by atoms with Crippen molar-refractivity contribution >= 4 is 0 Å². The van der Waals surface area contributed by atoms with Crippen LogP contribution in [0.1, 0.15) is 93.4 Å².